The number of ether oxygens (including phenoxy) is 1. The van der Waals surface area contributed by atoms with Crippen molar-refractivity contribution in [3.05, 3.63) is 102 Å². The van der Waals surface area contributed by atoms with Crippen LogP contribution in [0.1, 0.15) is 54.1 Å². The molecule has 0 fully saturated rings. The van der Waals surface area contributed by atoms with Crippen LogP contribution in [0, 0.1) is 0 Å². The second-order valence-electron chi connectivity index (χ2n) is 7.09. The number of carbonyl (C=O) groups excluding carboxylic acids is 1. The molecule has 1 amide bonds. The van der Waals surface area contributed by atoms with Crippen molar-refractivity contribution in [2.24, 2.45) is 5.10 Å². The van der Waals surface area contributed by atoms with E-state index < -0.39 is 0 Å². The average molecular weight is 401 g/mol. The highest BCUT2D eigenvalue weighted by atomic mass is 16.5. The van der Waals surface area contributed by atoms with Crippen molar-refractivity contribution >= 4 is 11.6 Å². The molecule has 30 heavy (non-hydrogen) atoms. The first-order valence-corrected chi connectivity index (χ1v) is 10.5. The summed E-state index contributed by atoms with van der Waals surface area (Å²) in [7, 11) is 0. The molecular weight excluding hydrogens is 372 g/mol. The Hall–Kier alpha value is -3.40. The number of rotatable bonds is 10. The Morgan fingerprint density at radius 1 is 0.867 bits per heavy atom. The molecule has 1 N–H and O–H groups in total. The fraction of sp³-hybridized carbons (Fsp3) is 0.231. The van der Waals surface area contributed by atoms with Crippen LogP contribution in [0.15, 0.2) is 90.0 Å². The van der Waals surface area contributed by atoms with Gasteiger partial charge in [0.2, 0.25) is 0 Å². The molecule has 3 aromatic carbocycles. The second-order valence-corrected chi connectivity index (χ2v) is 7.09. The minimum absolute atomic E-state index is 0.275. The smallest absolute Gasteiger partial charge is 0.275 e. The number of unbranched alkanes of at least 4 members (excludes halogenated alkanes) is 2. The fourth-order valence-corrected chi connectivity index (χ4v) is 3.13. The van der Waals surface area contributed by atoms with E-state index in [2.05, 4.69) is 17.5 Å². The molecule has 3 rings (SSSR count). The third kappa shape index (κ3) is 6.31. The Labute approximate surface area is 178 Å². The zero-order valence-corrected chi connectivity index (χ0v) is 17.4. The van der Waals surface area contributed by atoms with E-state index in [4.69, 9.17) is 4.74 Å². The number of hydrogen-bond acceptors (Lipinski definition) is 3. The van der Waals surface area contributed by atoms with Crippen molar-refractivity contribution < 1.29 is 9.53 Å². The largest absolute Gasteiger partial charge is 0.488 e. The molecule has 3 aromatic rings. The second kappa shape index (κ2) is 11.6. The van der Waals surface area contributed by atoms with E-state index in [0.29, 0.717) is 17.9 Å². The molecule has 0 unspecified atom stereocenters. The third-order valence-corrected chi connectivity index (χ3v) is 4.79. The van der Waals surface area contributed by atoms with Crippen molar-refractivity contribution in [2.45, 2.75) is 39.2 Å². The van der Waals surface area contributed by atoms with Crippen LogP contribution in [0.4, 0.5) is 0 Å². The number of hydrogen-bond donors (Lipinski definition) is 1. The van der Waals surface area contributed by atoms with Gasteiger partial charge in [-0.3, -0.25) is 4.79 Å². The van der Waals surface area contributed by atoms with Crippen LogP contribution >= 0.6 is 0 Å². The maximum atomic E-state index is 12.8. The summed E-state index contributed by atoms with van der Waals surface area (Å²) in [4.78, 5) is 12.8. The van der Waals surface area contributed by atoms with Gasteiger partial charge in [0.05, 0.1) is 11.3 Å². The van der Waals surface area contributed by atoms with Crippen molar-refractivity contribution in [2.75, 3.05) is 0 Å². The minimum atomic E-state index is -0.275. The van der Waals surface area contributed by atoms with Crippen molar-refractivity contribution in [3.8, 4) is 5.75 Å². The van der Waals surface area contributed by atoms with E-state index in [-0.39, 0.29) is 5.91 Å². The molecule has 154 valence electrons. The third-order valence-electron chi connectivity index (χ3n) is 4.79. The van der Waals surface area contributed by atoms with Crippen LogP contribution in [0.25, 0.3) is 0 Å². The molecule has 0 aliphatic carbocycles. The maximum Gasteiger partial charge on any atom is 0.275 e. The monoisotopic (exact) mass is 400 g/mol. The van der Waals surface area contributed by atoms with Gasteiger partial charge in [-0.25, -0.2) is 5.43 Å². The fourth-order valence-electron chi connectivity index (χ4n) is 3.13. The predicted molar refractivity (Wildman–Crippen MR) is 122 cm³/mol. The zero-order valence-electron chi connectivity index (χ0n) is 17.4. The minimum Gasteiger partial charge on any atom is -0.488 e. The number of hydrazone groups is 1. The van der Waals surface area contributed by atoms with E-state index in [1.807, 2.05) is 72.8 Å². The Morgan fingerprint density at radius 2 is 1.53 bits per heavy atom. The van der Waals surface area contributed by atoms with Crippen LogP contribution in [0.5, 0.6) is 5.75 Å². The van der Waals surface area contributed by atoms with Gasteiger partial charge in [-0.2, -0.15) is 5.10 Å². The molecule has 0 saturated heterocycles. The van der Waals surface area contributed by atoms with Crippen molar-refractivity contribution in [1.82, 2.24) is 5.43 Å². The number of benzene rings is 3. The van der Waals surface area contributed by atoms with Crippen LogP contribution in [-0.4, -0.2) is 11.6 Å². The summed E-state index contributed by atoms with van der Waals surface area (Å²) in [6.45, 7) is 2.58. The molecule has 0 heterocycles. The summed E-state index contributed by atoms with van der Waals surface area (Å²) in [6, 6.07) is 27.1. The predicted octanol–water partition coefficient (Wildman–Crippen LogP) is 5.98. The van der Waals surface area contributed by atoms with E-state index in [1.165, 1.54) is 0 Å². The van der Waals surface area contributed by atoms with Gasteiger partial charge in [-0.15, -0.1) is 0 Å². The van der Waals surface area contributed by atoms with E-state index in [1.54, 1.807) is 12.1 Å². The van der Waals surface area contributed by atoms with Gasteiger partial charge in [0.1, 0.15) is 12.4 Å². The molecule has 0 bridgehead atoms. The Bertz CT molecular complexity index is 953. The summed E-state index contributed by atoms with van der Waals surface area (Å²) < 4.78 is 5.91. The average Bonchev–Trinajstić information content (AvgIpc) is 2.81. The van der Waals surface area contributed by atoms with Gasteiger partial charge in [-0.05, 0) is 36.1 Å². The Morgan fingerprint density at radius 3 is 2.27 bits per heavy atom. The van der Waals surface area contributed by atoms with E-state index >= 15 is 0 Å². The highest BCUT2D eigenvalue weighted by molar-refractivity contribution is 6.02. The lowest BCUT2D eigenvalue weighted by Crippen LogP contribution is -2.21. The summed E-state index contributed by atoms with van der Waals surface area (Å²) in [5.41, 5.74) is 6.17. The van der Waals surface area contributed by atoms with Crippen LogP contribution in [0.2, 0.25) is 0 Å². The van der Waals surface area contributed by atoms with E-state index in [9.17, 15) is 4.79 Å². The first kappa shape index (κ1) is 21.3. The van der Waals surface area contributed by atoms with E-state index in [0.717, 1.165) is 42.5 Å². The van der Waals surface area contributed by atoms with Crippen molar-refractivity contribution in [1.29, 1.82) is 0 Å². The van der Waals surface area contributed by atoms with Crippen LogP contribution < -0.4 is 10.2 Å². The van der Waals surface area contributed by atoms with Crippen LogP contribution in [0.3, 0.4) is 0 Å². The highest BCUT2D eigenvalue weighted by Gasteiger charge is 2.13. The van der Waals surface area contributed by atoms with Gasteiger partial charge >= 0.3 is 0 Å². The quantitative estimate of drug-likeness (QED) is 0.258. The molecule has 4 nitrogen and oxygen atoms in total. The summed E-state index contributed by atoms with van der Waals surface area (Å²) in [5.74, 6) is 0.267. The van der Waals surface area contributed by atoms with Gasteiger partial charge in [0.15, 0.2) is 0 Å². The number of nitrogens with one attached hydrogen (secondary N) is 1. The SMILES string of the molecule is CCCCCC(=NNC(=O)c1ccccc1OCc1ccccc1)c1ccccc1. The molecule has 0 atom stereocenters. The first-order chi connectivity index (χ1) is 14.8. The molecule has 0 aliphatic heterocycles. The van der Waals surface area contributed by atoms with Gasteiger partial charge < -0.3 is 4.74 Å². The Balaban J connectivity index is 1.72. The van der Waals surface area contributed by atoms with Gasteiger partial charge in [0.25, 0.3) is 5.91 Å². The molecule has 4 heteroatoms. The highest BCUT2D eigenvalue weighted by Crippen LogP contribution is 2.19. The Kier molecular flexibility index (Phi) is 8.22. The number of para-hydroxylation sites is 1. The molecular formula is C26H28N2O2. The molecule has 0 aliphatic rings. The molecule has 0 radical (unpaired) electrons. The summed E-state index contributed by atoms with van der Waals surface area (Å²) in [6.07, 6.45) is 4.14. The standard InChI is InChI=1S/C26H28N2O2/c1-2-3-6-18-24(22-15-9-5-10-16-22)27-28-26(29)23-17-11-12-19-25(23)30-20-21-13-7-4-8-14-21/h4-5,7-17,19H,2-3,6,18,20H2,1H3,(H,28,29). The topological polar surface area (TPSA) is 50.7 Å². The first-order valence-electron chi connectivity index (χ1n) is 10.5. The lowest BCUT2D eigenvalue weighted by Gasteiger charge is -2.11. The summed E-state index contributed by atoms with van der Waals surface area (Å²) >= 11 is 0. The summed E-state index contributed by atoms with van der Waals surface area (Å²) in [5, 5.41) is 4.46. The molecule has 0 spiro atoms. The lowest BCUT2D eigenvalue weighted by atomic mass is 10.0. The molecule has 0 saturated carbocycles. The zero-order chi connectivity index (χ0) is 21.0. The number of nitrogens with zero attached hydrogens (tertiary/aromatic N) is 1. The molecule has 0 aromatic heterocycles. The van der Waals surface area contributed by atoms with Gasteiger partial charge in [0, 0.05) is 0 Å². The van der Waals surface area contributed by atoms with Crippen molar-refractivity contribution in [3.63, 3.8) is 0 Å². The number of carbonyl (C=O) groups is 1. The lowest BCUT2D eigenvalue weighted by molar-refractivity contribution is 0.0950. The maximum absolute atomic E-state index is 12.8. The number of amides is 1. The normalized spacial score (nSPS) is 11.2. The van der Waals surface area contributed by atoms with Gasteiger partial charge in [-0.1, -0.05) is 92.6 Å². The van der Waals surface area contributed by atoms with Crippen LogP contribution in [-0.2, 0) is 6.61 Å².